The van der Waals surface area contributed by atoms with E-state index in [1.807, 2.05) is 0 Å². The Labute approximate surface area is 95.8 Å². The lowest BCUT2D eigenvalue weighted by molar-refractivity contribution is 0.0958. The number of hydrogen-bond acceptors (Lipinski definition) is 3. The third-order valence-electron chi connectivity index (χ3n) is 3.21. The normalized spacial score (nSPS) is 16.3. The predicted octanol–water partition coefficient (Wildman–Crippen LogP) is 2.85. The van der Waals surface area contributed by atoms with Crippen molar-refractivity contribution in [2.75, 3.05) is 7.11 Å². The van der Waals surface area contributed by atoms with Gasteiger partial charge in [-0.3, -0.25) is 4.79 Å². The van der Waals surface area contributed by atoms with Crippen LogP contribution in [-0.4, -0.2) is 17.9 Å². The Hall–Kier alpha value is -1.38. The number of aromatic nitrogens is 1. The fraction of sp³-hybridized carbons (Fsp3) is 0.538. The molecule has 1 aromatic rings. The van der Waals surface area contributed by atoms with E-state index in [4.69, 9.17) is 4.74 Å². The first-order chi connectivity index (χ1) is 7.81. The van der Waals surface area contributed by atoms with Gasteiger partial charge < -0.3 is 4.74 Å². The lowest BCUT2D eigenvalue weighted by Crippen LogP contribution is -2.08. The van der Waals surface area contributed by atoms with Gasteiger partial charge in [0, 0.05) is 12.6 Å². The van der Waals surface area contributed by atoms with Crippen LogP contribution >= 0.6 is 0 Å². The third-order valence-corrected chi connectivity index (χ3v) is 3.21. The number of nitrogens with zero attached hydrogens (tertiary/aromatic N) is 1. The van der Waals surface area contributed by atoms with Gasteiger partial charge in [0.25, 0.3) is 0 Å². The quantitative estimate of drug-likeness (QED) is 0.731. The highest BCUT2D eigenvalue weighted by atomic mass is 16.5. The number of rotatable bonds is 4. The van der Waals surface area contributed by atoms with E-state index < -0.39 is 0 Å². The van der Waals surface area contributed by atoms with Crippen LogP contribution in [0.2, 0.25) is 0 Å². The van der Waals surface area contributed by atoms with Crippen LogP contribution in [0.4, 0.5) is 0 Å². The Morgan fingerprint density at radius 1 is 1.50 bits per heavy atom. The van der Waals surface area contributed by atoms with Gasteiger partial charge in [0.1, 0.15) is 0 Å². The molecule has 0 N–H and O–H groups in total. The van der Waals surface area contributed by atoms with Crippen molar-refractivity contribution >= 4 is 5.78 Å². The zero-order valence-electron chi connectivity index (χ0n) is 9.61. The minimum Gasteiger partial charge on any atom is -0.480 e. The van der Waals surface area contributed by atoms with E-state index in [9.17, 15) is 4.79 Å². The summed E-state index contributed by atoms with van der Waals surface area (Å²) in [4.78, 5) is 16.1. The average Bonchev–Trinajstić information content (AvgIpc) is 2.81. The van der Waals surface area contributed by atoms with Crippen molar-refractivity contribution < 1.29 is 9.53 Å². The standard InChI is InChI=1S/C13H17NO2/c1-16-13-11(7-4-8-14-13)12(15)9-10-5-2-3-6-10/h4,7-8,10H,2-3,5-6,9H2,1H3. The molecule has 0 amide bonds. The second kappa shape index (κ2) is 5.10. The van der Waals surface area contributed by atoms with Gasteiger partial charge in [0.15, 0.2) is 5.78 Å². The van der Waals surface area contributed by atoms with Crippen molar-refractivity contribution in [3.8, 4) is 5.88 Å². The second-order valence-electron chi connectivity index (χ2n) is 4.34. The van der Waals surface area contributed by atoms with Crippen LogP contribution < -0.4 is 4.74 Å². The zero-order chi connectivity index (χ0) is 11.4. The number of Topliss-reactive ketones (excluding diaryl/α,β-unsaturated/α-hetero) is 1. The van der Waals surface area contributed by atoms with Gasteiger partial charge in [-0.2, -0.15) is 0 Å². The van der Waals surface area contributed by atoms with Gasteiger partial charge in [-0.1, -0.05) is 25.7 Å². The highest BCUT2D eigenvalue weighted by Crippen LogP contribution is 2.29. The molecule has 0 saturated heterocycles. The fourth-order valence-corrected chi connectivity index (χ4v) is 2.35. The molecule has 1 aromatic heterocycles. The van der Waals surface area contributed by atoms with E-state index in [2.05, 4.69) is 4.98 Å². The van der Waals surface area contributed by atoms with Gasteiger partial charge in [-0.15, -0.1) is 0 Å². The summed E-state index contributed by atoms with van der Waals surface area (Å²) in [5.74, 6) is 1.18. The molecular weight excluding hydrogens is 202 g/mol. The van der Waals surface area contributed by atoms with Crippen LogP contribution in [0.1, 0.15) is 42.5 Å². The van der Waals surface area contributed by atoms with Crippen molar-refractivity contribution in [1.82, 2.24) is 4.98 Å². The van der Waals surface area contributed by atoms with Crippen molar-refractivity contribution in [2.24, 2.45) is 5.92 Å². The SMILES string of the molecule is COc1ncccc1C(=O)CC1CCCC1. The highest BCUT2D eigenvalue weighted by Gasteiger charge is 2.21. The first-order valence-electron chi connectivity index (χ1n) is 5.83. The van der Waals surface area contributed by atoms with Crippen molar-refractivity contribution in [1.29, 1.82) is 0 Å². The molecule has 0 bridgehead atoms. The van der Waals surface area contributed by atoms with Crippen LogP contribution in [0, 0.1) is 5.92 Å². The van der Waals surface area contributed by atoms with E-state index in [1.165, 1.54) is 25.7 Å². The van der Waals surface area contributed by atoms with E-state index in [0.29, 0.717) is 23.8 Å². The van der Waals surface area contributed by atoms with Crippen LogP contribution in [0.25, 0.3) is 0 Å². The Bertz CT molecular complexity index is 370. The molecule has 1 fully saturated rings. The van der Waals surface area contributed by atoms with Gasteiger partial charge in [0.05, 0.1) is 12.7 Å². The molecule has 0 spiro atoms. The number of carbonyl (C=O) groups is 1. The first-order valence-corrected chi connectivity index (χ1v) is 5.83. The molecule has 16 heavy (non-hydrogen) atoms. The summed E-state index contributed by atoms with van der Waals surface area (Å²) in [5.41, 5.74) is 0.622. The second-order valence-corrected chi connectivity index (χ2v) is 4.34. The van der Waals surface area contributed by atoms with Crippen LogP contribution in [-0.2, 0) is 0 Å². The molecule has 0 unspecified atom stereocenters. The highest BCUT2D eigenvalue weighted by molar-refractivity contribution is 5.98. The first kappa shape index (κ1) is 11.1. The van der Waals surface area contributed by atoms with Crippen LogP contribution in [0.3, 0.4) is 0 Å². The lowest BCUT2D eigenvalue weighted by Gasteiger charge is -2.09. The van der Waals surface area contributed by atoms with Gasteiger partial charge in [0.2, 0.25) is 5.88 Å². The summed E-state index contributed by atoms with van der Waals surface area (Å²) in [6, 6.07) is 3.58. The molecule has 3 heteroatoms. The van der Waals surface area contributed by atoms with Crippen molar-refractivity contribution in [3.05, 3.63) is 23.9 Å². The minimum absolute atomic E-state index is 0.164. The Kier molecular flexibility index (Phi) is 3.54. The number of methoxy groups -OCH3 is 1. The molecule has 0 aromatic carbocycles. The Morgan fingerprint density at radius 2 is 2.25 bits per heavy atom. The molecule has 1 aliphatic rings. The molecule has 0 radical (unpaired) electrons. The van der Waals surface area contributed by atoms with Crippen LogP contribution in [0.5, 0.6) is 5.88 Å². The summed E-state index contributed by atoms with van der Waals surface area (Å²) in [6.07, 6.45) is 7.19. The van der Waals surface area contributed by atoms with E-state index in [-0.39, 0.29) is 5.78 Å². The smallest absolute Gasteiger partial charge is 0.224 e. The summed E-state index contributed by atoms with van der Waals surface area (Å²) >= 11 is 0. The number of pyridine rings is 1. The number of ketones is 1. The molecule has 0 aliphatic heterocycles. The molecule has 1 aliphatic carbocycles. The molecule has 0 atom stereocenters. The summed E-state index contributed by atoms with van der Waals surface area (Å²) in [6.45, 7) is 0. The molecule has 86 valence electrons. The van der Waals surface area contributed by atoms with E-state index >= 15 is 0 Å². The molecule has 1 heterocycles. The molecular formula is C13H17NO2. The predicted molar refractivity (Wildman–Crippen MR) is 61.7 cm³/mol. The molecule has 1 saturated carbocycles. The average molecular weight is 219 g/mol. The molecule has 3 nitrogen and oxygen atoms in total. The Morgan fingerprint density at radius 3 is 2.94 bits per heavy atom. The van der Waals surface area contributed by atoms with Gasteiger partial charge >= 0.3 is 0 Å². The van der Waals surface area contributed by atoms with Crippen LogP contribution in [0.15, 0.2) is 18.3 Å². The largest absolute Gasteiger partial charge is 0.480 e. The van der Waals surface area contributed by atoms with Crippen molar-refractivity contribution in [3.63, 3.8) is 0 Å². The van der Waals surface area contributed by atoms with E-state index in [1.54, 1.807) is 25.4 Å². The summed E-state index contributed by atoms with van der Waals surface area (Å²) < 4.78 is 5.10. The third kappa shape index (κ3) is 2.40. The zero-order valence-corrected chi connectivity index (χ0v) is 9.61. The van der Waals surface area contributed by atoms with Gasteiger partial charge in [-0.25, -0.2) is 4.98 Å². The molecule has 2 rings (SSSR count). The van der Waals surface area contributed by atoms with E-state index in [0.717, 1.165) is 0 Å². The fourth-order valence-electron chi connectivity index (χ4n) is 2.35. The number of hydrogen-bond donors (Lipinski definition) is 0. The minimum atomic E-state index is 0.164. The number of carbonyl (C=O) groups excluding carboxylic acids is 1. The lowest BCUT2D eigenvalue weighted by atomic mass is 9.97. The monoisotopic (exact) mass is 219 g/mol. The summed E-state index contributed by atoms with van der Waals surface area (Å²) in [7, 11) is 1.55. The number of ether oxygens (including phenoxy) is 1. The van der Waals surface area contributed by atoms with Crippen molar-refractivity contribution in [2.45, 2.75) is 32.1 Å². The maximum absolute atomic E-state index is 12.1. The topological polar surface area (TPSA) is 39.2 Å². The maximum atomic E-state index is 12.1. The summed E-state index contributed by atoms with van der Waals surface area (Å²) in [5, 5.41) is 0. The van der Waals surface area contributed by atoms with Gasteiger partial charge in [-0.05, 0) is 18.1 Å². The maximum Gasteiger partial charge on any atom is 0.224 e. The Balaban J connectivity index is 2.07.